The molecule has 0 aliphatic rings. The summed E-state index contributed by atoms with van der Waals surface area (Å²) in [6.07, 6.45) is 1.66. The maximum absolute atomic E-state index is 11.0. The van der Waals surface area contributed by atoms with Gasteiger partial charge in [-0.1, -0.05) is 30.3 Å². The zero-order valence-electron chi connectivity index (χ0n) is 13.9. The van der Waals surface area contributed by atoms with Crippen LogP contribution < -0.4 is 16.1 Å². The first kappa shape index (κ1) is 17.6. The third-order valence-electron chi connectivity index (χ3n) is 3.33. The van der Waals surface area contributed by atoms with Crippen molar-refractivity contribution in [2.75, 3.05) is 10.6 Å². The summed E-state index contributed by atoms with van der Waals surface area (Å²) in [6, 6.07) is 13.4. The highest BCUT2D eigenvalue weighted by atomic mass is 32.1. The second-order valence-electron chi connectivity index (χ2n) is 5.39. The average molecular weight is 340 g/mol. The van der Waals surface area contributed by atoms with Crippen molar-refractivity contribution < 1.29 is 4.79 Å². The molecule has 1 amide bonds. The Labute approximate surface area is 147 Å². The third-order valence-corrected chi connectivity index (χ3v) is 3.52. The molecule has 2 aromatic rings. The molecule has 0 saturated heterocycles. The number of anilines is 2. The van der Waals surface area contributed by atoms with Crippen molar-refractivity contribution >= 4 is 40.8 Å². The Morgan fingerprint density at radius 2 is 1.67 bits per heavy atom. The molecule has 0 atom stereocenters. The van der Waals surface area contributed by atoms with Crippen molar-refractivity contribution in [1.29, 1.82) is 0 Å². The molecule has 124 valence electrons. The molecule has 0 aliphatic carbocycles. The lowest BCUT2D eigenvalue weighted by Crippen LogP contribution is -2.24. The molecule has 2 aromatic carbocycles. The van der Waals surface area contributed by atoms with Crippen molar-refractivity contribution in [3.8, 4) is 0 Å². The smallest absolute Gasteiger partial charge is 0.221 e. The van der Waals surface area contributed by atoms with Crippen LogP contribution in [0.1, 0.15) is 23.6 Å². The number of benzene rings is 2. The van der Waals surface area contributed by atoms with Gasteiger partial charge in [-0.25, -0.2) is 0 Å². The highest BCUT2D eigenvalue weighted by molar-refractivity contribution is 7.80. The Bertz CT molecular complexity index is 749. The van der Waals surface area contributed by atoms with E-state index < -0.39 is 0 Å². The number of thiocarbonyl (C=S) groups is 1. The maximum Gasteiger partial charge on any atom is 0.221 e. The largest absolute Gasteiger partial charge is 0.331 e. The monoisotopic (exact) mass is 340 g/mol. The van der Waals surface area contributed by atoms with Crippen LogP contribution in [0, 0.1) is 13.8 Å². The minimum atomic E-state index is -0.0963. The van der Waals surface area contributed by atoms with Gasteiger partial charge in [-0.05, 0) is 54.9 Å². The van der Waals surface area contributed by atoms with E-state index in [1.807, 2.05) is 56.3 Å². The summed E-state index contributed by atoms with van der Waals surface area (Å²) in [5, 5.41) is 10.4. The van der Waals surface area contributed by atoms with E-state index in [1.54, 1.807) is 6.21 Å². The number of hydrazone groups is 1. The number of nitrogens with zero attached hydrogens (tertiary/aromatic N) is 1. The molecule has 0 aromatic heterocycles. The van der Waals surface area contributed by atoms with Crippen LogP contribution in [0.2, 0.25) is 0 Å². The third kappa shape index (κ3) is 5.17. The molecule has 0 radical (unpaired) electrons. The average Bonchev–Trinajstić information content (AvgIpc) is 2.52. The van der Waals surface area contributed by atoms with E-state index in [4.69, 9.17) is 12.2 Å². The van der Waals surface area contributed by atoms with Crippen LogP contribution in [0.4, 0.5) is 11.4 Å². The van der Waals surface area contributed by atoms with Crippen LogP contribution in [0.15, 0.2) is 47.6 Å². The van der Waals surface area contributed by atoms with Crippen molar-refractivity contribution in [1.82, 2.24) is 5.43 Å². The molecule has 5 nitrogen and oxygen atoms in total. The highest BCUT2D eigenvalue weighted by Crippen LogP contribution is 2.19. The Kier molecular flexibility index (Phi) is 6.03. The first-order valence-corrected chi connectivity index (χ1v) is 7.90. The Morgan fingerprint density at radius 1 is 1.04 bits per heavy atom. The number of hydrogen-bond donors (Lipinski definition) is 3. The van der Waals surface area contributed by atoms with Crippen molar-refractivity contribution in [3.05, 3.63) is 59.2 Å². The van der Waals surface area contributed by atoms with E-state index in [1.165, 1.54) is 6.92 Å². The van der Waals surface area contributed by atoms with Gasteiger partial charge in [0.2, 0.25) is 5.91 Å². The van der Waals surface area contributed by atoms with Gasteiger partial charge in [0.15, 0.2) is 5.11 Å². The normalized spacial score (nSPS) is 10.5. The van der Waals surface area contributed by atoms with Crippen LogP contribution >= 0.6 is 12.2 Å². The highest BCUT2D eigenvalue weighted by Gasteiger charge is 2.03. The lowest BCUT2D eigenvalue weighted by atomic mass is 10.1. The minimum Gasteiger partial charge on any atom is -0.331 e. The fourth-order valence-electron chi connectivity index (χ4n) is 2.17. The van der Waals surface area contributed by atoms with Gasteiger partial charge in [-0.15, -0.1) is 0 Å². The van der Waals surface area contributed by atoms with Gasteiger partial charge in [0.05, 0.1) is 6.21 Å². The van der Waals surface area contributed by atoms with Crippen LogP contribution in [0.3, 0.4) is 0 Å². The summed E-state index contributed by atoms with van der Waals surface area (Å²) in [5.41, 5.74) is 7.68. The number of amides is 1. The molecule has 6 heteroatoms. The van der Waals surface area contributed by atoms with Gasteiger partial charge in [-0.3, -0.25) is 10.2 Å². The van der Waals surface area contributed by atoms with E-state index in [0.29, 0.717) is 5.11 Å². The van der Waals surface area contributed by atoms with Gasteiger partial charge in [-0.2, -0.15) is 5.10 Å². The molecule has 0 bridgehead atoms. The summed E-state index contributed by atoms with van der Waals surface area (Å²) in [7, 11) is 0. The maximum atomic E-state index is 11.0. The van der Waals surface area contributed by atoms with Gasteiger partial charge in [0.25, 0.3) is 0 Å². The number of aryl methyl sites for hydroxylation is 2. The zero-order chi connectivity index (χ0) is 17.5. The second kappa shape index (κ2) is 8.21. The minimum absolute atomic E-state index is 0.0963. The molecular formula is C18H20N4OS. The first-order valence-electron chi connectivity index (χ1n) is 7.49. The van der Waals surface area contributed by atoms with Crippen LogP contribution in [-0.2, 0) is 4.79 Å². The topological polar surface area (TPSA) is 65.5 Å². The Hall–Kier alpha value is -2.73. The van der Waals surface area contributed by atoms with E-state index in [0.717, 1.165) is 28.1 Å². The Balaban J connectivity index is 1.91. The summed E-state index contributed by atoms with van der Waals surface area (Å²) in [4.78, 5) is 11.0. The molecule has 0 fully saturated rings. The number of nitrogens with one attached hydrogen (secondary N) is 3. The van der Waals surface area contributed by atoms with Gasteiger partial charge in [0.1, 0.15) is 0 Å². The zero-order valence-corrected chi connectivity index (χ0v) is 14.7. The molecule has 0 aliphatic heterocycles. The molecule has 2 rings (SSSR count). The molecule has 24 heavy (non-hydrogen) atoms. The quantitative estimate of drug-likeness (QED) is 0.452. The Morgan fingerprint density at radius 3 is 2.25 bits per heavy atom. The van der Waals surface area contributed by atoms with Crippen LogP contribution in [0.5, 0.6) is 0 Å². The number of rotatable bonds is 4. The predicted octanol–water partition coefficient (Wildman–Crippen LogP) is 3.58. The van der Waals surface area contributed by atoms with Gasteiger partial charge in [0, 0.05) is 18.3 Å². The number of hydrogen-bond acceptors (Lipinski definition) is 3. The van der Waals surface area contributed by atoms with E-state index in [9.17, 15) is 4.79 Å². The van der Waals surface area contributed by atoms with E-state index in [-0.39, 0.29) is 5.91 Å². The molecule has 0 heterocycles. The molecular weight excluding hydrogens is 320 g/mol. The lowest BCUT2D eigenvalue weighted by Gasteiger charge is -2.12. The molecule has 0 saturated carbocycles. The molecule has 0 spiro atoms. The molecule has 0 unspecified atom stereocenters. The second-order valence-corrected chi connectivity index (χ2v) is 5.80. The van der Waals surface area contributed by atoms with Crippen LogP contribution in [-0.4, -0.2) is 17.2 Å². The number of carbonyl (C=O) groups is 1. The fraction of sp³-hybridized carbons (Fsp3) is 0.167. The summed E-state index contributed by atoms with van der Waals surface area (Å²) in [6.45, 7) is 5.53. The lowest BCUT2D eigenvalue weighted by molar-refractivity contribution is -0.114. The number of para-hydroxylation sites is 1. The summed E-state index contributed by atoms with van der Waals surface area (Å²) >= 11 is 5.26. The predicted molar refractivity (Wildman–Crippen MR) is 104 cm³/mol. The summed E-state index contributed by atoms with van der Waals surface area (Å²) in [5.74, 6) is -0.0963. The summed E-state index contributed by atoms with van der Waals surface area (Å²) < 4.78 is 0. The molecule has 3 N–H and O–H groups in total. The first-order chi connectivity index (χ1) is 11.5. The SMILES string of the molecule is CC(=O)Nc1ccc(/C=N/NC(=S)Nc2c(C)cccc2C)cc1. The van der Waals surface area contributed by atoms with E-state index in [2.05, 4.69) is 21.2 Å². The fourth-order valence-corrected chi connectivity index (χ4v) is 2.33. The van der Waals surface area contributed by atoms with Crippen molar-refractivity contribution in [3.63, 3.8) is 0 Å². The van der Waals surface area contributed by atoms with Gasteiger partial charge < -0.3 is 10.6 Å². The van der Waals surface area contributed by atoms with Crippen LogP contribution in [0.25, 0.3) is 0 Å². The van der Waals surface area contributed by atoms with Gasteiger partial charge >= 0.3 is 0 Å². The van der Waals surface area contributed by atoms with Crippen molar-refractivity contribution in [2.45, 2.75) is 20.8 Å². The van der Waals surface area contributed by atoms with E-state index >= 15 is 0 Å². The van der Waals surface area contributed by atoms with Crippen molar-refractivity contribution in [2.24, 2.45) is 5.10 Å². The number of carbonyl (C=O) groups excluding carboxylic acids is 1. The standard InChI is InChI=1S/C18H20N4OS/c1-12-5-4-6-13(2)17(12)21-18(24)22-19-11-15-7-9-16(10-8-15)20-14(3)23/h4-11H,1-3H3,(H,20,23)(H2,21,22,24)/b19-11+.